The fourth-order valence-electron chi connectivity index (χ4n) is 5.10. The Hall–Kier alpha value is -3.63. The van der Waals surface area contributed by atoms with E-state index in [0.717, 1.165) is 18.4 Å². The third-order valence-electron chi connectivity index (χ3n) is 7.00. The Bertz CT molecular complexity index is 1280. The fourth-order valence-corrected chi connectivity index (χ4v) is 5.10. The molecular weight excluding hydrogens is 477 g/mol. The molecular formula is C27H32FN5O4. The van der Waals surface area contributed by atoms with Crippen LogP contribution in [-0.2, 0) is 9.53 Å². The van der Waals surface area contributed by atoms with Crippen molar-refractivity contribution in [2.45, 2.75) is 12.8 Å². The molecule has 2 aliphatic rings. The summed E-state index contributed by atoms with van der Waals surface area (Å²) in [4.78, 5) is 19.8. The Morgan fingerprint density at radius 1 is 1.14 bits per heavy atom. The topological polar surface area (TPSA) is 102 Å². The first-order valence-corrected chi connectivity index (χ1v) is 12.5. The molecule has 0 saturated carbocycles. The van der Waals surface area contributed by atoms with Gasteiger partial charge in [0, 0.05) is 54.9 Å². The fraction of sp³-hybridized carbons (Fsp3) is 0.407. The summed E-state index contributed by atoms with van der Waals surface area (Å²) in [6.07, 6.45) is 1.63. The molecule has 3 heterocycles. The van der Waals surface area contributed by atoms with E-state index in [1.54, 1.807) is 32.4 Å². The van der Waals surface area contributed by atoms with Gasteiger partial charge in [0.2, 0.25) is 5.91 Å². The number of anilines is 2. The maximum atomic E-state index is 13.7. The molecule has 5 rings (SSSR count). The molecule has 2 aliphatic heterocycles. The van der Waals surface area contributed by atoms with Crippen molar-refractivity contribution in [3.05, 3.63) is 42.2 Å². The van der Waals surface area contributed by atoms with E-state index < -0.39 is 0 Å². The molecule has 2 fully saturated rings. The number of fused-ring (bicyclic) bond motifs is 1. The highest BCUT2D eigenvalue weighted by atomic mass is 19.1. The Morgan fingerprint density at radius 3 is 2.59 bits per heavy atom. The highest BCUT2D eigenvalue weighted by Gasteiger charge is 2.29. The zero-order chi connectivity index (χ0) is 25.9. The summed E-state index contributed by atoms with van der Waals surface area (Å²) in [5.41, 5.74) is 12.6. The van der Waals surface area contributed by atoms with Crippen LogP contribution in [0.25, 0.3) is 22.0 Å². The highest BCUT2D eigenvalue weighted by Crippen LogP contribution is 2.46. The lowest BCUT2D eigenvalue weighted by atomic mass is 9.97. The average molecular weight is 510 g/mol. The van der Waals surface area contributed by atoms with Crippen LogP contribution in [0.4, 0.5) is 15.9 Å². The highest BCUT2D eigenvalue weighted by molar-refractivity contribution is 6.07. The number of hydrazine groups is 1. The van der Waals surface area contributed by atoms with Crippen molar-refractivity contribution >= 4 is 28.3 Å². The molecule has 9 nitrogen and oxygen atoms in total. The van der Waals surface area contributed by atoms with Gasteiger partial charge in [0.15, 0.2) is 11.5 Å². The molecule has 37 heavy (non-hydrogen) atoms. The van der Waals surface area contributed by atoms with Crippen LogP contribution in [-0.4, -0.2) is 69.4 Å². The summed E-state index contributed by atoms with van der Waals surface area (Å²) < 4.78 is 30.4. The van der Waals surface area contributed by atoms with Gasteiger partial charge in [-0.15, -0.1) is 0 Å². The Labute approximate surface area is 215 Å². The van der Waals surface area contributed by atoms with Gasteiger partial charge >= 0.3 is 0 Å². The van der Waals surface area contributed by atoms with Crippen LogP contribution in [0.15, 0.2) is 36.4 Å². The summed E-state index contributed by atoms with van der Waals surface area (Å²) in [6, 6.07) is 9.77. The van der Waals surface area contributed by atoms with Crippen LogP contribution >= 0.6 is 0 Å². The molecule has 3 aromatic rings. The molecule has 196 valence electrons. The summed E-state index contributed by atoms with van der Waals surface area (Å²) in [5.74, 6) is 1.39. The first-order chi connectivity index (χ1) is 18.0. The van der Waals surface area contributed by atoms with Crippen molar-refractivity contribution in [3.63, 3.8) is 0 Å². The van der Waals surface area contributed by atoms with Crippen LogP contribution < -0.4 is 25.6 Å². The number of rotatable bonds is 5. The number of carbonyl (C=O) groups excluding carboxylic acids is 1. The van der Waals surface area contributed by atoms with E-state index >= 15 is 0 Å². The van der Waals surface area contributed by atoms with E-state index in [4.69, 9.17) is 24.9 Å². The molecule has 1 unspecified atom stereocenters. The van der Waals surface area contributed by atoms with Crippen LogP contribution in [0, 0.1) is 11.7 Å². The van der Waals surface area contributed by atoms with E-state index in [1.165, 1.54) is 12.1 Å². The smallest absolute Gasteiger partial charge is 0.227 e. The number of nitrogen functional groups attached to an aromatic ring is 1. The Kier molecular flexibility index (Phi) is 7.29. The van der Waals surface area contributed by atoms with Gasteiger partial charge in [0.25, 0.3) is 0 Å². The summed E-state index contributed by atoms with van der Waals surface area (Å²) in [7, 11) is 3.12. The van der Waals surface area contributed by atoms with Crippen LogP contribution in [0.1, 0.15) is 12.8 Å². The first-order valence-electron chi connectivity index (χ1n) is 12.5. The molecule has 0 spiro atoms. The van der Waals surface area contributed by atoms with Crippen molar-refractivity contribution in [3.8, 4) is 22.6 Å². The molecule has 2 saturated heterocycles. The number of nitrogens with zero attached hydrogens (tertiary/aromatic N) is 3. The lowest BCUT2D eigenvalue weighted by molar-refractivity contribution is -0.139. The van der Waals surface area contributed by atoms with Crippen molar-refractivity contribution in [2.24, 2.45) is 5.92 Å². The standard InChI is InChI=1S/C27H32FN5O4/c1-35-22-15-21-25(24(26(22)36-2)17-5-7-19(28)8-6-17)20(29)14-23(31-21)33-9-3-4-18(16-30-33)27(34)32-10-12-37-13-11-32/h5-8,14-15,18,30H,3-4,9-13,16H2,1-2H3,(H2,29,31). The van der Waals surface area contributed by atoms with Crippen molar-refractivity contribution in [1.82, 2.24) is 15.3 Å². The van der Waals surface area contributed by atoms with Gasteiger partial charge < -0.3 is 24.8 Å². The van der Waals surface area contributed by atoms with Crippen molar-refractivity contribution < 1.29 is 23.4 Å². The number of nitrogens with two attached hydrogens (primary N) is 1. The van der Waals surface area contributed by atoms with Gasteiger partial charge in [-0.25, -0.2) is 14.8 Å². The van der Waals surface area contributed by atoms with Crippen molar-refractivity contribution in [1.29, 1.82) is 0 Å². The van der Waals surface area contributed by atoms with E-state index in [0.29, 0.717) is 78.9 Å². The normalized spacial score (nSPS) is 18.5. The second-order valence-corrected chi connectivity index (χ2v) is 9.25. The number of carbonyl (C=O) groups is 1. The maximum absolute atomic E-state index is 13.7. The monoisotopic (exact) mass is 509 g/mol. The molecule has 2 aromatic carbocycles. The minimum absolute atomic E-state index is 0.102. The van der Waals surface area contributed by atoms with Gasteiger partial charge in [0.1, 0.15) is 11.6 Å². The van der Waals surface area contributed by atoms with E-state index in [9.17, 15) is 9.18 Å². The molecule has 1 amide bonds. The maximum Gasteiger partial charge on any atom is 0.227 e. The number of hydrogen-bond acceptors (Lipinski definition) is 8. The lowest BCUT2D eigenvalue weighted by Gasteiger charge is -2.30. The van der Waals surface area contributed by atoms with Gasteiger partial charge in [-0.3, -0.25) is 9.80 Å². The third-order valence-corrected chi connectivity index (χ3v) is 7.00. The lowest BCUT2D eigenvalue weighted by Crippen LogP contribution is -2.47. The van der Waals surface area contributed by atoms with E-state index in [1.807, 2.05) is 16.0 Å². The van der Waals surface area contributed by atoms with Crippen LogP contribution in [0.2, 0.25) is 0 Å². The zero-order valence-electron chi connectivity index (χ0n) is 21.1. The molecule has 10 heteroatoms. The van der Waals surface area contributed by atoms with Crippen LogP contribution in [0.5, 0.6) is 11.5 Å². The summed E-state index contributed by atoms with van der Waals surface area (Å²) >= 11 is 0. The number of pyridine rings is 1. The average Bonchev–Trinajstić information content (AvgIpc) is 3.19. The van der Waals surface area contributed by atoms with E-state index in [2.05, 4.69) is 5.43 Å². The number of halogens is 1. The number of amides is 1. The molecule has 0 radical (unpaired) electrons. The quantitative estimate of drug-likeness (QED) is 0.541. The zero-order valence-corrected chi connectivity index (χ0v) is 21.1. The minimum Gasteiger partial charge on any atom is -0.493 e. The molecule has 0 aliphatic carbocycles. The minimum atomic E-state index is -0.332. The predicted molar refractivity (Wildman–Crippen MR) is 140 cm³/mol. The number of benzene rings is 2. The number of hydrogen-bond donors (Lipinski definition) is 2. The second-order valence-electron chi connectivity index (χ2n) is 9.25. The summed E-state index contributed by atoms with van der Waals surface area (Å²) in [5, 5.41) is 2.65. The molecule has 1 aromatic heterocycles. The van der Waals surface area contributed by atoms with Gasteiger partial charge in [0.05, 0.1) is 38.9 Å². The first kappa shape index (κ1) is 25.0. The molecule has 3 N–H and O–H groups in total. The van der Waals surface area contributed by atoms with Crippen LogP contribution in [0.3, 0.4) is 0 Å². The molecule has 1 atom stereocenters. The number of aromatic nitrogens is 1. The number of methoxy groups -OCH3 is 2. The second kappa shape index (κ2) is 10.8. The molecule has 0 bridgehead atoms. The van der Waals surface area contributed by atoms with Gasteiger partial charge in [-0.1, -0.05) is 12.1 Å². The Morgan fingerprint density at radius 2 is 1.89 bits per heavy atom. The predicted octanol–water partition coefficient (Wildman–Crippen LogP) is 3.22. The van der Waals surface area contributed by atoms with Crippen molar-refractivity contribution in [2.75, 3.05) is 64.4 Å². The van der Waals surface area contributed by atoms with E-state index in [-0.39, 0.29) is 17.6 Å². The Balaban J connectivity index is 1.48. The van der Waals surface area contributed by atoms with Gasteiger partial charge in [-0.05, 0) is 30.5 Å². The summed E-state index contributed by atoms with van der Waals surface area (Å²) in [6.45, 7) is 3.66. The third kappa shape index (κ3) is 4.99. The number of ether oxygens (including phenoxy) is 3. The van der Waals surface area contributed by atoms with Gasteiger partial charge in [-0.2, -0.15) is 0 Å². The number of morpholine rings is 1. The largest absolute Gasteiger partial charge is 0.493 e. The SMILES string of the molecule is COc1cc2nc(N3CCCC(C(=O)N4CCOCC4)CN3)cc(N)c2c(-c2ccc(F)cc2)c1OC. The number of nitrogens with one attached hydrogen (secondary N) is 1.